The lowest BCUT2D eigenvalue weighted by molar-refractivity contribution is 0.0761. The van der Waals surface area contributed by atoms with Crippen LogP contribution in [-0.4, -0.2) is 23.9 Å². The van der Waals surface area contributed by atoms with Gasteiger partial charge in [0.1, 0.15) is 12.4 Å². The van der Waals surface area contributed by atoms with Crippen LogP contribution in [-0.2, 0) is 6.61 Å². The summed E-state index contributed by atoms with van der Waals surface area (Å²) in [5.74, 6) is 1.80. The van der Waals surface area contributed by atoms with Crippen molar-refractivity contribution in [3.05, 3.63) is 107 Å². The second kappa shape index (κ2) is 10.2. The van der Waals surface area contributed by atoms with Crippen LogP contribution in [0.2, 0.25) is 0 Å². The first-order chi connectivity index (χ1) is 17.8. The molecule has 2 heterocycles. The van der Waals surface area contributed by atoms with Gasteiger partial charge < -0.3 is 15.0 Å². The summed E-state index contributed by atoms with van der Waals surface area (Å²) in [6.45, 7) is 2.30. The molecule has 36 heavy (non-hydrogen) atoms. The summed E-state index contributed by atoms with van der Waals surface area (Å²) in [6, 6.07) is 25.2. The van der Waals surface area contributed by atoms with Gasteiger partial charge in [0.25, 0.3) is 5.91 Å². The SMILES string of the molecule is O=C(c1ccc2c(c1)C1C=CCC1C(c1ccccc1OCc1ccccc1)N2)N1CCCCCC1. The van der Waals surface area contributed by atoms with Crippen LogP contribution >= 0.6 is 0 Å². The predicted octanol–water partition coefficient (Wildman–Crippen LogP) is 7.11. The number of carbonyl (C=O) groups excluding carboxylic acids is 1. The van der Waals surface area contributed by atoms with E-state index in [1.165, 1.54) is 24.0 Å². The standard InChI is InChI=1S/C32H34N2O2/c35-32(34-19-8-1-2-9-20-34)24-17-18-29-28(21-24)25-14-10-15-26(25)31(33-29)27-13-6-7-16-30(27)36-22-23-11-4-3-5-12-23/h3-7,10-14,16-18,21,25-26,31,33H,1-2,8-9,15,19-20,22H2. The molecule has 4 nitrogen and oxygen atoms in total. The summed E-state index contributed by atoms with van der Waals surface area (Å²) in [6.07, 6.45) is 10.3. The molecule has 0 radical (unpaired) electrons. The summed E-state index contributed by atoms with van der Waals surface area (Å²) < 4.78 is 6.33. The maximum atomic E-state index is 13.3. The van der Waals surface area contributed by atoms with Gasteiger partial charge in [-0.1, -0.05) is 73.5 Å². The number of hydrogen-bond acceptors (Lipinski definition) is 3. The lowest BCUT2D eigenvalue weighted by atomic mass is 9.76. The summed E-state index contributed by atoms with van der Waals surface area (Å²) in [7, 11) is 0. The van der Waals surface area contributed by atoms with Crippen LogP contribution in [0.5, 0.6) is 5.75 Å². The molecule has 1 amide bonds. The monoisotopic (exact) mass is 478 g/mol. The van der Waals surface area contributed by atoms with E-state index in [9.17, 15) is 4.79 Å². The van der Waals surface area contributed by atoms with Crippen LogP contribution in [0, 0.1) is 5.92 Å². The van der Waals surface area contributed by atoms with Crippen LogP contribution in [0.3, 0.4) is 0 Å². The van der Waals surface area contributed by atoms with E-state index < -0.39 is 0 Å². The van der Waals surface area contributed by atoms with E-state index in [1.807, 2.05) is 30.3 Å². The smallest absolute Gasteiger partial charge is 0.253 e. The highest BCUT2D eigenvalue weighted by Gasteiger charge is 2.39. The molecule has 1 N–H and O–H groups in total. The van der Waals surface area contributed by atoms with Gasteiger partial charge in [0, 0.05) is 35.8 Å². The predicted molar refractivity (Wildman–Crippen MR) is 144 cm³/mol. The number of nitrogens with zero attached hydrogens (tertiary/aromatic N) is 1. The first-order valence-corrected chi connectivity index (χ1v) is 13.4. The van der Waals surface area contributed by atoms with E-state index in [4.69, 9.17) is 4.74 Å². The van der Waals surface area contributed by atoms with Gasteiger partial charge in [-0.3, -0.25) is 4.79 Å². The average molecular weight is 479 g/mol. The van der Waals surface area contributed by atoms with Crippen LogP contribution in [0.4, 0.5) is 5.69 Å². The van der Waals surface area contributed by atoms with Gasteiger partial charge in [-0.15, -0.1) is 0 Å². The third kappa shape index (κ3) is 4.53. The Hall–Kier alpha value is -3.53. The maximum Gasteiger partial charge on any atom is 0.253 e. The van der Waals surface area contributed by atoms with Gasteiger partial charge in [-0.05, 0) is 60.6 Å². The third-order valence-corrected chi connectivity index (χ3v) is 7.99. The number of nitrogens with one attached hydrogen (secondary N) is 1. The minimum atomic E-state index is 0.150. The van der Waals surface area contributed by atoms with Gasteiger partial charge in [0.2, 0.25) is 0 Å². The highest BCUT2D eigenvalue weighted by Crippen LogP contribution is 2.51. The fourth-order valence-corrected chi connectivity index (χ4v) is 6.10. The van der Waals surface area contributed by atoms with Crippen molar-refractivity contribution in [2.45, 2.75) is 50.7 Å². The van der Waals surface area contributed by atoms with Gasteiger partial charge in [0.15, 0.2) is 0 Å². The first kappa shape index (κ1) is 22.9. The van der Waals surface area contributed by atoms with E-state index in [0.717, 1.165) is 54.9 Å². The molecule has 0 aromatic heterocycles. The Labute approximate surface area is 214 Å². The van der Waals surface area contributed by atoms with Crippen LogP contribution in [0.1, 0.15) is 71.1 Å². The highest BCUT2D eigenvalue weighted by atomic mass is 16.5. The Morgan fingerprint density at radius 3 is 2.50 bits per heavy atom. The summed E-state index contributed by atoms with van der Waals surface area (Å²) in [5, 5.41) is 3.83. The van der Waals surface area contributed by atoms with Crippen molar-refractivity contribution in [2.75, 3.05) is 18.4 Å². The van der Waals surface area contributed by atoms with Crippen molar-refractivity contribution in [1.82, 2.24) is 4.90 Å². The third-order valence-electron chi connectivity index (χ3n) is 7.99. The molecular weight excluding hydrogens is 444 g/mol. The number of ether oxygens (including phenoxy) is 1. The molecule has 184 valence electrons. The molecule has 1 saturated heterocycles. The van der Waals surface area contributed by atoms with Crippen LogP contribution in [0.25, 0.3) is 0 Å². The van der Waals surface area contributed by atoms with Crippen LogP contribution < -0.4 is 10.1 Å². The van der Waals surface area contributed by atoms with E-state index in [1.54, 1.807) is 0 Å². The number of likely N-dealkylation sites (tertiary alicyclic amines) is 1. The fraction of sp³-hybridized carbons (Fsp3) is 0.344. The summed E-state index contributed by atoms with van der Waals surface area (Å²) in [5.41, 5.74) is 5.55. The number of carbonyl (C=O) groups is 1. The maximum absolute atomic E-state index is 13.3. The average Bonchev–Trinajstić information content (AvgIpc) is 3.27. The first-order valence-electron chi connectivity index (χ1n) is 13.4. The second-order valence-electron chi connectivity index (χ2n) is 10.3. The molecule has 3 unspecified atom stereocenters. The summed E-state index contributed by atoms with van der Waals surface area (Å²) in [4.78, 5) is 15.4. The van der Waals surface area contributed by atoms with Gasteiger partial charge in [-0.2, -0.15) is 0 Å². The van der Waals surface area contributed by atoms with Gasteiger partial charge in [0.05, 0.1) is 6.04 Å². The Balaban J connectivity index is 1.27. The Bertz CT molecular complexity index is 1240. The van der Waals surface area contributed by atoms with Crippen molar-refractivity contribution >= 4 is 11.6 Å². The quantitative estimate of drug-likeness (QED) is 0.397. The molecule has 3 aromatic carbocycles. The molecular formula is C32H34N2O2. The molecule has 2 aliphatic heterocycles. The molecule has 3 aliphatic rings. The number of anilines is 1. The molecule has 6 rings (SSSR count). The van der Waals surface area contributed by atoms with E-state index >= 15 is 0 Å². The van der Waals surface area contributed by atoms with Crippen molar-refractivity contribution in [3.8, 4) is 5.75 Å². The number of fused-ring (bicyclic) bond motifs is 3. The number of amides is 1. The number of rotatable bonds is 5. The number of para-hydroxylation sites is 1. The van der Waals surface area contributed by atoms with Crippen molar-refractivity contribution in [3.63, 3.8) is 0 Å². The lowest BCUT2D eigenvalue weighted by Gasteiger charge is -2.38. The molecule has 0 saturated carbocycles. The molecule has 3 atom stereocenters. The van der Waals surface area contributed by atoms with Crippen molar-refractivity contribution < 1.29 is 9.53 Å². The number of allylic oxidation sites excluding steroid dienone is 2. The van der Waals surface area contributed by atoms with Gasteiger partial charge >= 0.3 is 0 Å². The summed E-state index contributed by atoms with van der Waals surface area (Å²) >= 11 is 0. The van der Waals surface area contributed by atoms with Crippen molar-refractivity contribution in [1.29, 1.82) is 0 Å². The van der Waals surface area contributed by atoms with E-state index in [0.29, 0.717) is 18.4 Å². The zero-order valence-corrected chi connectivity index (χ0v) is 20.7. The molecule has 1 aliphatic carbocycles. The molecule has 3 aromatic rings. The minimum Gasteiger partial charge on any atom is -0.489 e. The normalized spacial score (nSPS) is 22.8. The van der Waals surface area contributed by atoms with Crippen molar-refractivity contribution in [2.24, 2.45) is 5.92 Å². The van der Waals surface area contributed by atoms with E-state index in [-0.39, 0.29) is 11.9 Å². The Morgan fingerprint density at radius 2 is 1.67 bits per heavy atom. The zero-order chi connectivity index (χ0) is 24.3. The number of benzene rings is 3. The Morgan fingerprint density at radius 1 is 0.889 bits per heavy atom. The zero-order valence-electron chi connectivity index (χ0n) is 20.7. The van der Waals surface area contributed by atoms with Gasteiger partial charge in [-0.25, -0.2) is 0 Å². The highest BCUT2D eigenvalue weighted by molar-refractivity contribution is 5.95. The molecule has 1 fully saturated rings. The molecule has 4 heteroatoms. The largest absolute Gasteiger partial charge is 0.489 e. The fourth-order valence-electron chi connectivity index (χ4n) is 6.10. The number of hydrogen-bond donors (Lipinski definition) is 1. The Kier molecular flexibility index (Phi) is 6.50. The lowest BCUT2D eigenvalue weighted by Crippen LogP contribution is -2.33. The molecule has 0 bridgehead atoms. The minimum absolute atomic E-state index is 0.150. The second-order valence-corrected chi connectivity index (χ2v) is 10.3. The molecule has 0 spiro atoms. The van der Waals surface area contributed by atoms with Crippen LogP contribution in [0.15, 0.2) is 84.9 Å². The van der Waals surface area contributed by atoms with E-state index in [2.05, 4.69) is 64.8 Å². The topological polar surface area (TPSA) is 41.6 Å².